The number of ether oxygens (including phenoxy) is 5. The van der Waals surface area contributed by atoms with E-state index in [1.807, 2.05) is 27.7 Å². The van der Waals surface area contributed by atoms with Crippen LogP contribution in [-0.4, -0.2) is 48.7 Å². The quantitative estimate of drug-likeness (QED) is 0.797. The third-order valence-corrected chi connectivity index (χ3v) is 4.02. The molecular weight excluding hydrogens is 284 g/mol. The van der Waals surface area contributed by atoms with Crippen LogP contribution < -0.4 is 0 Å². The van der Waals surface area contributed by atoms with Gasteiger partial charge in [-0.05, 0) is 48.5 Å². The first-order valence-electron chi connectivity index (χ1n) is 8.20. The lowest BCUT2D eigenvalue weighted by molar-refractivity contribution is -0.196. The van der Waals surface area contributed by atoms with E-state index >= 15 is 0 Å². The molecule has 2 saturated heterocycles. The summed E-state index contributed by atoms with van der Waals surface area (Å²) in [4.78, 5) is 0. The van der Waals surface area contributed by atoms with Gasteiger partial charge in [0.1, 0.15) is 6.10 Å². The van der Waals surface area contributed by atoms with Crippen LogP contribution in [0.5, 0.6) is 0 Å². The van der Waals surface area contributed by atoms with Crippen molar-refractivity contribution in [2.24, 2.45) is 5.92 Å². The van der Waals surface area contributed by atoms with Gasteiger partial charge in [0.2, 0.25) is 0 Å². The molecule has 0 aromatic rings. The van der Waals surface area contributed by atoms with Gasteiger partial charge in [-0.3, -0.25) is 0 Å². The van der Waals surface area contributed by atoms with Crippen molar-refractivity contribution < 1.29 is 23.7 Å². The lowest BCUT2D eigenvalue weighted by Gasteiger charge is -2.36. The highest BCUT2D eigenvalue weighted by atomic mass is 16.8. The summed E-state index contributed by atoms with van der Waals surface area (Å²) in [6.45, 7) is 17.2. The largest absolute Gasteiger partial charge is 0.369 e. The zero-order chi connectivity index (χ0) is 16.8. The predicted octanol–water partition coefficient (Wildman–Crippen LogP) is 3.11. The molecule has 0 saturated carbocycles. The Morgan fingerprint density at radius 3 is 1.73 bits per heavy atom. The van der Waals surface area contributed by atoms with Crippen molar-refractivity contribution in [3.05, 3.63) is 0 Å². The third kappa shape index (κ3) is 4.65. The van der Waals surface area contributed by atoms with E-state index in [2.05, 4.69) is 27.7 Å². The molecule has 0 spiro atoms. The van der Waals surface area contributed by atoms with Gasteiger partial charge in [-0.2, -0.15) is 0 Å². The Morgan fingerprint density at radius 1 is 0.909 bits per heavy atom. The summed E-state index contributed by atoms with van der Waals surface area (Å²) in [5.41, 5.74) is -0.260. The fraction of sp³-hybridized carbons (Fsp3) is 1.00. The Labute approximate surface area is 134 Å². The first-order chi connectivity index (χ1) is 9.89. The van der Waals surface area contributed by atoms with Crippen molar-refractivity contribution in [1.29, 1.82) is 0 Å². The van der Waals surface area contributed by atoms with Crippen LogP contribution in [0.15, 0.2) is 0 Å². The van der Waals surface area contributed by atoms with Crippen LogP contribution >= 0.6 is 0 Å². The molecule has 0 aliphatic carbocycles. The molecule has 0 amide bonds. The molecule has 5 heteroatoms. The standard InChI is InChI=1S/C17H32O5/c1-11(12-9-18-16(5,6)20-12)14(22-15(2,3)4)13-10-19-17(7,8)21-13/h11-14H,9-10H2,1-8H3. The summed E-state index contributed by atoms with van der Waals surface area (Å²) in [5, 5.41) is 0. The average Bonchev–Trinajstić information content (AvgIpc) is 2.87. The minimum absolute atomic E-state index is 0.00494. The topological polar surface area (TPSA) is 46.2 Å². The van der Waals surface area contributed by atoms with E-state index in [0.717, 1.165) is 0 Å². The predicted molar refractivity (Wildman–Crippen MR) is 83.6 cm³/mol. The molecule has 4 unspecified atom stereocenters. The molecule has 0 bridgehead atoms. The molecule has 2 heterocycles. The molecule has 22 heavy (non-hydrogen) atoms. The van der Waals surface area contributed by atoms with Crippen LogP contribution in [0.25, 0.3) is 0 Å². The van der Waals surface area contributed by atoms with Gasteiger partial charge in [-0.25, -0.2) is 0 Å². The minimum Gasteiger partial charge on any atom is -0.369 e. The molecule has 130 valence electrons. The van der Waals surface area contributed by atoms with Crippen LogP contribution in [-0.2, 0) is 23.7 Å². The fourth-order valence-electron chi connectivity index (χ4n) is 2.99. The van der Waals surface area contributed by atoms with Crippen LogP contribution in [0.1, 0.15) is 55.4 Å². The summed E-state index contributed by atoms with van der Waals surface area (Å²) < 4.78 is 29.8. The smallest absolute Gasteiger partial charge is 0.163 e. The number of rotatable bonds is 4. The minimum atomic E-state index is -0.559. The van der Waals surface area contributed by atoms with Crippen LogP contribution in [0.2, 0.25) is 0 Å². The van der Waals surface area contributed by atoms with E-state index in [1.165, 1.54) is 0 Å². The Hall–Kier alpha value is -0.200. The van der Waals surface area contributed by atoms with Crippen molar-refractivity contribution in [2.45, 2.75) is 90.9 Å². The van der Waals surface area contributed by atoms with Crippen LogP contribution in [0.3, 0.4) is 0 Å². The number of hydrogen-bond donors (Lipinski definition) is 0. The zero-order valence-corrected chi connectivity index (χ0v) is 15.3. The van der Waals surface area contributed by atoms with E-state index in [4.69, 9.17) is 23.7 Å². The maximum atomic E-state index is 6.32. The zero-order valence-electron chi connectivity index (χ0n) is 15.3. The highest BCUT2D eigenvalue weighted by Crippen LogP contribution is 2.35. The van der Waals surface area contributed by atoms with Crippen molar-refractivity contribution >= 4 is 0 Å². The highest BCUT2D eigenvalue weighted by Gasteiger charge is 2.46. The highest BCUT2D eigenvalue weighted by molar-refractivity contribution is 4.89. The normalized spacial score (nSPS) is 33.8. The second-order valence-corrected chi connectivity index (χ2v) is 8.29. The first-order valence-corrected chi connectivity index (χ1v) is 8.20. The molecule has 0 aromatic heterocycles. The summed E-state index contributed by atoms with van der Waals surface area (Å²) in [7, 11) is 0. The molecule has 0 radical (unpaired) electrons. The molecule has 2 rings (SSSR count). The van der Waals surface area contributed by atoms with E-state index in [-0.39, 0.29) is 29.8 Å². The molecule has 2 fully saturated rings. The summed E-state index contributed by atoms with van der Waals surface area (Å²) in [6.07, 6.45) is -0.213. The lowest BCUT2D eigenvalue weighted by Crippen LogP contribution is -2.46. The van der Waals surface area contributed by atoms with E-state index in [9.17, 15) is 0 Å². The fourth-order valence-corrected chi connectivity index (χ4v) is 2.99. The Morgan fingerprint density at radius 2 is 1.36 bits per heavy atom. The third-order valence-electron chi connectivity index (χ3n) is 4.02. The Bertz CT molecular complexity index is 385. The van der Waals surface area contributed by atoms with Crippen LogP contribution in [0.4, 0.5) is 0 Å². The van der Waals surface area contributed by atoms with Gasteiger partial charge in [0.15, 0.2) is 11.6 Å². The molecule has 4 atom stereocenters. The lowest BCUT2D eigenvalue weighted by atomic mass is 9.93. The Kier molecular flexibility index (Phi) is 4.97. The summed E-state index contributed by atoms with van der Waals surface area (Å²) in [5.74, 6) is -0.947. The number of hydrogen-bond acceptors (Lipinski definition) is 5. The van der Waals surface area contributed by atoms with Gasteiger partial charge >= 0.3 is 0 Å². The first kappa shape index (κ1) is 18.1. The van der Waals surface area contributed by atoms with E-state index in [1.54, 1.807) is 0 Å². The van der Waals surface area contributed by atoms with E-state index in [0.29, 0.717) is 13.2 Å². The van der Waals surface area contributed by atoms with Crippen molar-refractivity contribution in [2.75, 3.05) is 13.2 Å². The molecule has 2 aliphatic rings. The average molecular weight is 316 g/mol. The van der Waals surface area contributed by atoms with Crippen LogP contribution in [0, 0.1) is 5.92 Å². The summed E-state index contributed by atoms with van der Waals surface area (Å²) in [6, 6.07) is 0. The van der Waals surface area contributed by atoms with E-state index < -0.39 is 11.6 Å². The van der Waals surface area contributed by atoms with Crippen molar-refractivity contribution in [3.8, 4) is 0 Å². The molecule has 0 aromatic carbocycles. The van der Waals surface area contributed by atoms with Gasteiger partial charge in [-0.15, -0.1) is 0 Å². The second-order valence-electron chi connectivity index (χ2n) is 8.29. The van der Waals surface area contributed by atoms with Gasteiger partial charge in [0, 0.05) is 5.92 Å². The van der Waals surface area contributed by atoms with Crippen molar-refractivity contribution in [1.82, 2.24) is 0 Å². The molecular formula is C17H32O5. The second kappa shape index (κ2) is 6.02. The maximum absolute atomic E-state index is 6.32. The molecule has 5 nitrogen and oxygen atoms in total. The van der Waals surface area contributed by atoms with Gasteiger partial charge in [0.05, 0.1) is 31.0 Å². The monoisotopic (exact) mass is 316 g/mol. The molecule has 2 aliphatic heterocycles. The van der Waals surface area contributed by atoms with Gasteiger partial charge in [-0.1, -0.05) is 6.92 Å². The maximum Gasteiger partial charge on any atom is 0.163 e. The SMILES string of the molecule is CC(C1COC(C)(C)O1)C(OC(C)(C)C)C1COC(C)(C)O1. The van der Waals surface area contributed by atoms with Crippen molar-refractivity contribution in [3.63, 3.8) is 0 Å². The van der Waals surface area contributed by atoms with Gasteiger partial charge in [0.25, 0.3) is 0 Å². The molecule has 0 N–H and O–H groups in total. The van der Waals surface area contributed by atoms with Gasteiger partial charge < -0.3 is 23.7 Å². The Balaban J connectivity index is 2.11. The summed E-state index contributed by atoms with van der Waals surface area (Å²) >= 11 is 0.